The first-order valence-electron chi connectivity index (χ1n) is 12.1. The SMILES string of the molecule is Cc1c2c(cn1C)-n1c(C)nnc1[C@H](CC(=O)Cc1ccc3c(c1)CC(=O)N3)N=C2c1ccc(Cl)cc1. The molecule has 4 aromatic rings. The molecule has 1 atom stereocenters. The van der Waals surface area contributed by atoms with Crippen LogP contribution in [0, 0.1) is 13.8 Å². The quantitative estimate of drug-likeness (QED) is 0.427. The number of amides is 1. The van der Waals surface area contributed by atoms with Gasteiger partial charge in [-0.15, -0.1) is 10.2 Å². The van der Waals surface area contributed by atoms with Crippen LogP contribution < -0.4 is 5.32 Å². The van der Waals surface area contributed by atoms with Crippen molar-refractivity contribution in [1.29, 1.82) is 0 Å². The number of benzene rings is 2. The Morgan fingerprint density at radius 1 is 1.14 bits per heavy atom. The number of nitrogens with zero attached hydrogens (tertiary/aromatic N) is 5. The Labute approximate surface area is 219 Å². The molecule has 0 radical (unpaired) electrons. The minimum absolute atomic E-state index is 0.0224. The van der Waals surface area contributed by atoms with Gasteiger partial charge in [0.15, 0.2) is 5.82 Å². The Kier molecular flexibility index (Phi) is 5.56. The molecule has 6 rings (SSSR count). The number of carbonyl (C=O) groups is 2. The number of hydrogen-bond donors (Lipinski definition) is 1. The zero-order valence-corrected chi connectivity index (χ0v) is 21.5. The maximum Gasteiger partial charge on any atom is 0.228 e. The van der Waals surface area contributed by atoms with Crippen LogP contribution in [0.25, 0.3) is 5.69 Å². The molecule has 0 saturated carbocycles. The molecule has 0 aliphatic carbocycles. The Balaban J connectivity index is 1.40. The third kappa shape index (κ3) is 4.07. The van der Waals surface area contributed by atoms with E-state index in [-0.39, 0.29) is 24.5 Å². The second-order valence-electron chi connectivity index (χ2n) is 9.66. The van der Waals surface area contributed by atoms with Crippen molar-refractivity contribution in [1.82, 2.24) is 19.3 Å². The number of Topliss-reactive ketones (excluding diaryl/α,β-unsaturated/α-hetero) is 1. The van der Waals surface area contributed by atoms with E-state index in [4.69, 9.17) is 16.6 Å². The molecule has 1 amide bonds. The van der Waals surface area contributed by atoms with Gasteiger partial charge in [-0.25, -0.2) is 0 Å². The monoisotopic (exact) mass is 512 g/mol. The van der Waals surface area contributed by atoms with Gasteiger partial charge in [0, 0.05) is 53.6 Å². The molecule has 2 aliphatic heterocycles. The fraction of sp³-hybridized carbons (Fsp3) is 0.250. The second kappa shape index (κ2) is 8.81. The number of fused-ring (bicyclic) bond motifs is 4. The van der Waals surface area contributed by atoms with Gasteiger partial charge >= 0.3 is 0 Å². The summed E-state index contributed by atoms with van der Waals surface area (Å²) in [5.74, 6) is 1.40. The first-order valence-corrected chi connectivity index (χ1v) is 12.5. The summed E-state index contributed by atoms with van der Waals surface area (Å²) in [6.45, 7) is 3.97. The highest BCUT2D eigenvalue weighted by Crippen LogP contribution is 2.35. The van der Waals surface area contributed by atoms with E-state index in [1.165, 1.54) is 0 Å². The molecular weight excluding hydrogens is 488 g/mol. The lowest BCUT2D eigenvalue weighted by molar-refractivity contribution is -0.119. The predicted molar refractivity (Wildman–Crippen MR) is 142 cm³/mol. The van der Waals surface area contributed by atoms with Crippen LogP contribution in [0.3, 0.4) is 0 Å². The zero-order chi connectivity index (χ0) is 25.8. The van der Waals surface area contributed by atoms with E-state index in [2.05, 4.69) is 33.2 Å². The molecule has 37 heavy (non-hydrogen) atoms. The van der Waals surface area contributed by atoms with Gasteiger partial charge in [-0.3, -0.25) is 19.1 Å². The van der Waals surface area contributed by atoms with Crippen molar-refractivity contribution in [3.05, 3.63) is 93.3 Å². The lowest BCUT2D eigenvalue weighted by Gasteiger charge is -2.13. The van der Waals surface area contributed by atoms with Gasteiger partial charge in [-0.2, -0.15) is 0 Å². The summed E-state index contributed by atoms with van der Waals surface area (Å²) >= 11 is 6.18. The largest absolute Gasteiger partial charge is 0.352 e. The topological polar surface area (TPSA) is 94.2 Å². The fourth-order valence-corrected chi connectivity index (χ4v) is 5.34. The van der Waals surface area contributed by atoms with Crippen molar-refractivity contribution < 1.29 is 9.59 Å². The zero-order valence-electron chi connectivity index (χ0n) is 20.7. The predicted octanol–water partition coefficient (Wildman–Crippen LogP) is 4.46. The Morgan fingerprint density at radius 3 is 2.70 bits per heavy atom. The molecule has 2 aliphatic rings. The number of aromatic nitrogens is 4. The molecular formula is C28H25ClN6O2. The van der Waals surface area contributed by atoms with Crippen LogP contribution in [0.2, 0.25) is 5.02 Å². The van der Waals surface area contributed by atoms with Gasteiger partial charge < -0.3 is 9.88 Å². The number of anilines is 1. The molecule has 9 heteroatoms. The van der Waals surface area contributed by atoms with E-state index in [1.54, 1.807) is 0 Å². The Hall–Kier alpha value is -4.04. The van der Waals surface area contributed by atoms with Crippen LogP contribution in [-0.4, -0.2) is 36.7 Å². The van der Waals surface area contributed by atoms with Gasteiger partial charge in [0.1, 0.15) is 17.6 Å². The molecule has 8 nitrogen and oxygen atoms in total. The molecule has 1 N–H and O–H groups in total. The van der Waals surface area contributed by atoms with Crippen molar-refractivity contribution in [2.24, 2.45) is 12.0 Å². The maximum absolute atomic E-state index is 13.4. The fourth-order valence-electron chi connectivity index (χ4n) is 5.21. The van der Waals surface area contributed by atoms with Gasteiger partial charge in [-0.1, -0.05) is 35.9 Å². The molecule has 2 aromatic heterocycles. The average Bonchev–Trinajstić information content (AvgIpc) is 3.48. The summed E-state index contributed by atoms with van der Waals surface area (Å²) in [6, 6.07) is 12.8. The van der Waals surface area contributed by atoms with Crippen molar-refractivity contribution >= 4 is 34.7 Å². The molecule has 0 fully saturated rings. The first-order chi connectivity index (χ1) is 17.8. The van der Waals surface area contributed by atoms with Crippen molar-refractivity contribution in [3.8, 4) is 5.69 Å². The van der Waals surface area contributed by atoms with E-state index >= 15 is 0 Å². The number of nitrogens with one attached hydrogen (secondary N) is 1. The smallest absolute Gasteiger partial charge is 0.228 e. The highest BCUT2D eigenvalue weighted by molar-refractivity contribution is 6.30. The van der Waals surface area contributed by atoms with Gasteiger partial charge in [0.25, 0.3) is 0 Å². The van der Waals surface area contributed by atoms with E-state index in [9.17, 15) is 9.59 Å². The number of halogens is 1. The first kappa shape index (κ1) is 23.4. The lowest BCUT2D eigenvalue weighted by atomic mass is 9.99. The van der Waals surface area contributed by atoms with Gasteiger partial charge in [0.2, 0.25) is 5.91 Å². The van der Waals surface area contributed by atoms with E-state index in [0.29, 0.717) is 17.3 Å². The van der Waals surface area contributed by atoms with Crippen LogP contribution in [-0.2, 0) is 29.5 Å². The number of aliphatic imine (C=N–C) groups is 1. The normalized spacial score (nSPS) is 15.9. The van der Waals surface area contributed by atoms with Crippen molar-refractivity contribution in [2.75, 3.05) is 5.32 Å². The second-order valence-corrected chi connectivity index (χ2v) is 10.1. The standard InChI is InChI=1S/C28H25ClN6O2/c1-15-26-24(14-34(15)3)35-16(2)32-33-28(35)23(31-27(26)18-5-7-20(29)8-6-18)13-21(36)11-17-4-9-22-19(10-17)12-25(37)30-22/h4-10,14,23H,11-13H2,1-3H3,(H,30,37)/t23-/m0/s1. The van der Waals surface area contributed by atoms with Crippen LogP contribution in [0.4, 0.5) is 5.69 Å². The summed E-state index contributed by atoms with van der Waals surface area (Å²) < 4.78 is 4.08. The van der Waals surface area contributed by atoms with Crippen LogP contribution >= 0.6 is 11.6 Å². The summed E-state index contributed by atoms with van der Waals surface area (Å²) in [5, 5.41) is 12.3. The minimum Gasteiger partial charge on any atom is -0.352 e. The molecule has 0 spiro atoms. The third-order valence-electron chi connectivity index (χ3n) is 7.11. The number of rotatable bonds is 5. The number of hydrogen-bond acceptors (Lipinski definition) is 5. The summed E-state index contributed by atoms with van der Waals surface area (Å²) in [6.07, 6.45) is 2.83. The highest BCUT2D eigenvalue weighted by atomic mass is 35.5. The molecule has 0 saturated heterocycles. The van der Waals surface area contributed by atoms with Gasteiger partial charge in [0.05, 0.1) is 17.8 Å². The summed E-state index contributed by atoms with van der Waals surface area (Å²) in [4.78, 5) is 30.2. The van der Waals surface area contributed by atoms with E-state index in [0.717, 1.165) is 50.9 Å². The number of aryl methyl sites for hydroxylation is 2. The number of ketones is 1. The van der Waals surface area contributed by atoms with Gasteiger partial charge in [-0.05, 0) is 43.2 Å². The van der Waals surface area contributed by atoms with E-state index in [1.807, 2.05) is 61.0 Å². The Bertz CT molecular complexity index is 1610. The highest BCUT2D eigenvalue weighted by Gasteiger charge is 2.32. The molecule has 2 aromatic carbocycles. The average molecular weight is 513 g/mol. The summed E-state index contributed by atoms with van der Waals surface area (Å²) in [5.41, 5.74) is 7.33. The summed E-state index contributed by atoms with van der Waals surface area (Å²) in [7, 11) is 2.00. The minimum atomic E-state index is -0.505. The Morgan fingerprint density at radius 2 is 1.92 bits per heavy atom. The molecule has 186 valence electrons. The molecule has 4 heterocycles. The van der Waals surface area contributed by atoms with Crippen LogP contribution in [0.5, 0.6) is 0 Å². The number of carbonyl (C=O) groups excluding carboxylic acids is 2. The van der Waals surface area contributed by atoms with Crippen LogP contribution in [0.1, 0.15) is 52.1 Å². The maximum atomic E-state index is 13.4. The van der Waals surface area contributed by atoms with Crippen LogP contribution in [0.15, 0.2) is 53.7 Å². The van der Waals surface area contributed by atoms with E-state index < -0.39 is 6.04 Å². The molecule has 0 unspecified atom stereocenters. The van der Waals surface area contributed by atoms with Crippen molar-refractivity contribution in [3.63, 3.8) is 0 Å². The third-order valence-corrected chi connectivity index (χ3v) is 7.36. The van der Waals surface area contributed by atoms with Crippen molar-refractivity contribution in [2.45, 2.75) is 39.2 Å². The lowest BCUT2D eigenvalue weighted by Crippen LogP contribution is -2.13. The molecule has 0 bridgehead atoms.